The molecule has 0 aromatic rings. The molecule has 82 valence electrons. The van der Waals surface area contributed by atoms with Gasteiger partial charge < -0.3 is 10.4 Å². The lowest BCUT2D eigenvalue weighted by Gasteiger charge is -2.30. The highest BCUT2D eigenvalue weighted by atomic mass is 32.2. The van der Waals surface area contributed by atoms with Gasteiger partial charge in [0.1, 0.15) is 0 Å². The van der Waals surface area contributed by atoms with Gasteiger partial charge in [0.2, 0.25) is 0 Å². The molecule has 2 rings (SSSR count). The van der Waals surface area contributed by atoms with Crippen molar-refractivity contribution in [2.24, 2.45) is 11.8 Å². The molecule has 1 saturated heterocycles. The van der Waals surface area contributed by atoms with E-state index < -0.39 is 0 Å². The number of hydrogen-bond donors (Lipinski definition) is 2. The second-order valence-corrected chi connectivity index (χ2v) is 5.75. The highest BCUT2D eigenvalue weighted by molar-refractivity contribution is 7.99. The Morgan fingerprint density at radius 1 is 1.36 bits per heavy atom. The Morgan fingerprint density at radius 2 is 2.21 bits per heavy atom. The van der Waals surface area contributed by atoms with Gasteiger partial charge in [0.15, 0.2) is 0 Å². The second-order valence-electron chi connectivity index (χ2n) is 4.60. The van der Waals surface area contributed by atoms with E-state index >= 15 is 0 Å². The Bertz CT molecular complexity index is 167. The summed E-state index contributed by atoms with van der Waals surface area (Å²) in [6.45, 7) is 1.40. The molecule has 0 spiro atoms. The first-order valence-corrected chi connectivity index (χ1v) is 6.97. The van der Waals surface area contributed by atoms with E-state index in [2.05, 4.69) is 5.32 Å². The molecule has 3 heteroatoms. The van der Waals surface area contributed by atoms with Gasteiger partial charge in [-0.15, -0.1) is 0 Å². The fraction of sp³-hybridized carbons (Fsp3) is 1.00. The van der Waals surface area contributed by atoms with Gasteiger partial charge in [-0.1, -0.05) is 6.42 Å². The van der Waals surface area contributed by atoms with Crippen molar-refractivity contribution < 1.29 is 5.11 Å². The van der Waals surface area contributed by atoms with Crippen LogP contribution in [0.2, 0.25) is 0 Å². The van der Waals surface area contributed by atoms with Gasteiger partial charge in [0.25, 0.3) is 0 Å². The highest BCUT2D eigenvalue weighted by Crippen LogP contribution is 2.29. The summed E-state index contributed by atoms with van der Waals surface area (Å²) in [5, 5.41) is 12.9. The zero-order valence-electron chi connectivity index (χ0n) is 8.74. The van der Waals surface area contributed by atoms with Gasteiger partial charge in [-0.2, -0.15) is 11.8 Å². The second kappa shape index (κ2) is 5.38. The van der Waals surface area contributed by atoms with Crippen LogP contribution in [0.3, 0.4) is 0 Å². The van der Waals surface area contributed by atoms with Crippen LogP contribution in [0.5, 0.6) is 0 Å². The van der Waals surface area contributed by atoms with Crippen LogP contribution in [0.4, 0.5) is 0 Å². The van der Waals surface area contributed by atoms with Crippen molar-refractivity contribution in [3.63, 3.8) is 0 Å². The summed E-state index contributed by atoms with van der Waals surface area (Å²) >= 11 is 2.04. The lowest BCUT2D eigenvalue weighted by atomic mass is 9.89. The van der Waals surface area contributed by atoms with Crippen LogP contribution >= 0.6 is 11.8 Å². The molecule has 0 radical (unpaired) electrons. The van der Waals surface area contributed by atoms with Gasteiger partial charge in [-0.25, -0.2) is 0 Å². The molecule has 2 unspecified atom stereocenters. The number of hydrogen-bond acceptors (Lipinski definition) is 3. The van der Waals surface area contributed by atoms with Crippen LogP contribution in [0, 0.1) is 11.8 Å². The summed E-state index contributed by atoms with van der Waals surface area (Å²) in [5.41, 5.74) is 0. The first-order chi connectivity index (χ1) is 6.90. The maximum Gasteiger partial charge on any atom is 0.0474 e. The van der Waals surface area contributed by atoms with Crippen LogP contribution in [-0.4, -0.2) is 35.8 Å². The summed E-state index contributed by atoms with van der Waals surface area (Å²) in [6, 6.07) is 0.762. The van der Waals surface area contributed by atoms with E-state index in [1.165, 1.54) is 37.2 Å². The largest absolute Gasteiger partial charge is 0.396 e. The molecule has 1 heterocycles. The molecule has 1 aliphatic heterocycles. The normalized spacial score (nSPS) is 30.2. The fourth-order valence-corrected chi connectivity index (χ4v) is 3.61. The van der Waals surface area contributed by atoms with Crippen molar-refractivity contribution in [3.8, 4) is 0 Å². The van der Waals surface area contributed by atoms with Crippen LogP contribution in [0.25, 0.3) is 0 Å². The summed E-state index contributed by atoms with van der Waals surface area (Å²) in [7, 11) is 0. The number of nitrogens with one attached hydrogen (secondary N) is 1. The third-order valence-electron chi connectivity index (χ3n) is 3.64. The number of rotatable bonds is 5. The summed E-state index contributed by atoms with van der Waals surface area (Å²) < 4.78 is 0. The average Bonchev–Trinajstić information content (AvgIpc) is 2.62. The minimum Gasteiger partial charge on any atom is -0.396 e. The van der Waals surface area contributed by atoms with Crippen molar-refractivity contribution in [3.05, 3.63) is 0 Å². The van der Waals surface area contributed by atoms with E-state index in [-0.39, 0.29) is 0 Å². The first kappa shape index (κ1) is 10.8. The maximum absolute atomic E-state index is 9.34. The molecule has 2 fully saturated rings. The summed E-state index contributed by atoms with van der Waals surface area (Å²) in [6.07, 6.45) is 5.39. The Kier molecular flexibility index (Phi) is 4.14. The average molecular weight is 215 g/mol. The number of thioether (sulfide) groups is 1. The topological polar surface area (TPSA) is 32.3 Å². The molecule has 2 atom stereocenters. The SMILES string of the molecule is OCC(CNC1CCC1)C1CCSC1. The molecule has 14 heavy (non-hydrogen) atoms. The predicted octanol–water partition coefficient (Wildman–Crippen LogP) is 1.49. The van der Waals surface area contributed by atoms with Crippen molar-refractivity contribution in [1.82, 2.24) is 5.32 Å². The lowest BCUT2D eigenvalue weighted by molar-refractivity contribution is 0.171. The lowest BCUT2D eigenvalue weighted by Crippen LogP contribution is -2.40. The minimum atomic E-state index is 0.366. The van der Waals surface area contributed by atoms with Gasteiger partial charge in [-0.05, 0) is 42.6 Å². The molecular formula is C11H21NOS. The molecule has 2 nitrogen and oxygen atoms in total. The Balaban J connectivity index is 1.68. The van der Waals surface area contributed by atoms with E-state index in [0.717, 1.165) is 18.5 Å². The molecule has 0 aromatic carbocycles. The molecule has 1 saturated carbocycles. The van der Waals surface area contributed by atoms with Crippen LogP contribution < -0.4 is 5.32 Å². The first-order valence-electron chi connectivity index (χ1n) is 5.82. The Morgan fingerprint density at radius 3 is 2.71 bits per heavy atom. The quantitative estimate of drug-likeness (QED) is 0.729. The predicted molar refractivity (Wildman–Crippen MR) is 61.6 cm³/mol. The van der Waals surface area contributed by atoms with E-state index in [0.29, 0.717) is 12.5 Å². The Labute approximate surface area is 90.8 Å². The summed E-state index contributed by atoms with van der Waals surface area (Å²) in [5.74, 6) is 3.82. The smallest absolute Gasteiger partial charge is 0.0474 e. The molecule has 0 amide bonds. The summed E-state index contributed by atoms with van der Waals surface area (Å²) in [4.78, 5) is 0. The zero-order chi connectivity index (χ0) is 9.80. The van der Waals surface area contributed by atoms with Gasteiger partial charge in [0.05, 0.1) is 0 Å². The molecule has 2 aliphatic rings. The van der Waals surface area contributed by atoms with Crippen molar-refractivity contribution in [2.45, 2.75) is 31.7 Å². The van der Waals surface area contributed by atoms with Crippen LogP contribution in [-0.2, 0) is 0 Å². The third-order valence-corrected chi connectivity index (χ3v) is 4.83. The standard InChI is InChI=1S/C11H21NOS/c13-7-10(9-4-5-14-8-9)6-12-11-2-1-3-11/h9-13H,1-8H2. The number of aliphatic hydroxyl groups excluding tert-OH is 1. The van der Waals surface area contributed by atoms with Crippen molar-refractivity contribution in [2.75, 3.05) is 24.7 Å². The number of aliphatic hydroxyl groups is 1. The monoisotopic (exact) mass is 215 g/mol. The molecule has 0 bridgehead atoms. The maximum atomic E-state index is 9.34. The molecule has 2 N–H and O–H groups in total. The Hall–Kier alpha value is 0.270. The molecule has 1 aliphatic carbocycles. The fourth-order valence-electron chi connectivity index (χ4n) is 2.24. The highest BCUT2D eigenvalue weighted by Gasteiger charge is 2.26. The molecule has 0 aromatic heterocycles. The zero-order valence-corrected chi connectivity index (χ0v) is 9.56. The van der Waals surface area contributed by atoms with E-state index in [1.54, 1.807) is 0 Å². The van der Waals surface area contributed by atoms with E-state index in [9.17, 15) is 5.11 Å². The van der Waals surface area contributed by atoms with Crippen LogP contribution in [0.15, 0.2) is 0 Å². The van der Waals surface area contributed by atoms with Crippen LogP contribution in [0.1, 0.15) is 25.7 Å². The van der Waals surface area contributed by atoms with E-state index in [4.69, 9.17) is 0 Å². The third kappa shape index (κ3) is 2.65. The molecular weight excluding hydrogens is 194 g/mol. The van der Waals surface area contributed by atoms with Crippen molar-refractivity contribution >= 4 is 11.8 Å². The van der Waals surface area contributed by atoms with Gasteiger partial charge >= 0.3 is 0 Å². The van der Waals surface area contributed by atoms with E-state index in [1.807, 2.05) is 11.8 Å². The van der Waals surface area contributed by atoms with Gasteiger partial charge in [0, 0.05) is 19.2 Å². The van der Waals surface area contributed by atoms with Crippen molar-refractivity contribution in [1.29, 1.82) is 0 Å². The minimum absolute atomic E-state index is 0.366. The van der Waals surface area contributed by atoms with Gasteiger partial charge in [-0.3, -0.25) is 0 Å².